The van der Waals surface area contributed by atoms with Crippen molar-refractivity contribution in [2.75, 3.05) is 6.54 Å². The molecule has 200 valence electrons. The number of fused-ring (bicyclic) bond motifs is 1. The number of nitrogens with zero attached hydrogens (tertiary/aromatic N) is 2. The number of ether oxygens (including phenoxy) is 1. The first-order valence-electron chi connectivity index (χ1n) is 11.1. The van der Waals surface area contributed by atoms with Crippen LogP contribution in [0.25, 0.3) is 11.3 Å². The highest BCUT2D eigenvalue weighted by Crippen LogP contribution is 2.33. The van der Waals surface area contributed by atoms with Crippen LogP contribution in [0.5, 0.6) is 11.6 Å². The highest BCUT2D eigenvalue weighted by molar-refractivity contribution is 7.87. The van der Waals surface area contributed by atoms with E-state index in [9.17, 15) is 34.8 Å². The van der Waals surface area contributed by atoms with E-state index in [0.29, 0.717) is 30.1 Å². The third-order valence-corrected chi connectivity index (χ3v) is 6.83. The first-order valence-corrected chi connectivity index (χ1v) is 12.6. The zero-order valence-corrected chi connectivity index (χ0v) is 20.1. The molecule has 1 unspecified atom stereocenters. The van der Waals surface area contributed by atoms with Crippen molar-refractivity contribution >= 4 is 10.2 Å². The van der Waals surface area contributed by atoms with Crippen LogP contribution < -0.4 is 14.2 Å². The van der Waals surface area contributed by atoms with Crippen molar-refractivity contribution in [2.45, 2.75) is 44.7 Å². The Bertz CT molecular complexity index is 1370. The third kappa shape index (κ3) is 6.81. The summed E-state index contributed by atoms with van der Waals surface area (Å²) in [5.41, 5.74) is 2.10. The SMILES string of the molecule is CCn1nc(-c2ccc3c(c2)CC(NS(=O)(=O)NCC(F)(F)F)C3)cc1Oc1ccc(C(F)(F)F)cc1. The topological polar surface area (TPSA) is 85.2 Å². The van der Waals surface area contributed by atoms with E-state index >= 15 is 0 Å². The van der Waals surface area contributed by atoms with E-state index in [4.69, 9.17) is 4.74 Å². The summed E-state index contributed by atoms with van der Waals surface area (Å²) in [5, 5.41) is 4.49. The number of halogens is 6. The Hall–Kier alpha value is -3.10. The van der Waals surface area contributed by atoms with Crippen LogP contribution in [-0.4, -0.2) is 37.0 Å². The molecule has 4 rings (SSSR count). The smallest absolute Gasteiger partial charge is 0.416 e. The van der Waals surface area contributed by atoms with Gasteiger partial charge in [0.25, 0.3) is 10.2 Å². The lowest BCUT2D eigenvalue weighted by molar-refractivity contribution is -0.137. The van der Waals surface area contributed by atoms with Gasteiger partial charge in [0.15, 0.2) is 0 Å². The molecule has 1 aromatic heterocycles. The zero-order chi connectivity index (χ0) is 27.0. The number of aromatic nitrogens is 2. The molecule has 1 aliphatic carbocycles. The fourth-order valence-corrected chi connectivity index (χ4v) is 5.02. The summed E-state index contributed by atoms with van der Waals surface area (Å²) in [6, 6.07) is 10.7. The Morgan fingerprint density at radius 3 is 2.30 bits per heavy atom. The van der Waals surface area contributed by atoms with E-state index in [-0.39, 0.29) is 12.2 Å². The van der Waals surface area contributed by atoms with Gasteiger partial charge < -0.3 is 4.74 Å². The molecule has 1 atom stereocenters. The van der Waals surface area contributed by atoms with E-state index in [1.54, 1.807) is 22.9 Å². The third-order valence-electron chi connectivity index (χ3n) is 5.67. The van der Waals surface area contributed by atoms with Crippen molar-refractivity contribution in [3.63, 3.8) is 0 Å². The van der Waals surface area contributed by atoms with Crippen LogP contribution in [0, 0.1) is 0 Å². The second kappa shape index (κ2) is 9.99. The van der Waals surface area contributed by atoms with Crippen LogP contribution >= 0.6 is 0 Å². The fraction of sp³-hybridized carbons (Fsp3) is 0.348. The molecule has 14 heteroatoms. The minimum absolute atomic E-state index is 0.206. The Labute approximate surface area is 208 Å². The van der Waals surface area contributed by atoms with Gasteiger partial charge in [0, 0.05) is 24.2 Å². The fourth-order valence-electron chi connectivity index (χ4n) is 3.98. The summed E-state index contributed by atoms with van der Waals surface area (Å²) in [6.07, 6.45) is -8.53. The number of hydrogen-bond donors (Lipinski definition) is 2. The maximum atomic E-state index is 12.8. The molecule has 0 saturated heterocycles. The van der Waals surface area contributed by atoms with Gasteiger partial charge >= 0.3 is 12.4 Å². The minimum Gasteiger partial charge on any atom is -0.439 e. The molecule has 0 fully saturated rings. The van der Waals surface area contributed by atoms with E-state index in [1.807, 2.05) is 13.0 Å². The monoisotopic (exact) mass is 548 g/mol. The lowest BCUT2D eigenvalue weighted by Crippen LogP contribution is -2.46. The summed E-state index contributed by atoms with van der Waals surface area (Å²) in [4.78, 5) is 0. The molecule has 37 heavy (non-hydrogen) atoms. The number of benzene rings is 2. The summed E-state index contributed by atoms with van der Waals surface area (Å²) in [7, 11) is -4.34. The van der Waals surface area contributed by atoms with Gasteiger partial charge in [0.2, 0.25) is 5.88 Å². The summed E-state index contributed by atoms with van der Waals surface area (Å²) in [6.45, 7) is 0.585. The van der Waals surface area contributed by atoms with Crippen molar-refractivity contribution in [3.8, 4) is 22.9 Å². The van der Waals surface area contributed by atoms with Gasteiger partial charge in [-0.3, -0.25) is 0 Å². The summed E-state index contributed by atoms with van der Waals surface area (Å²) < 4.78 is 110. The second-order valence-corrected chi connectivity index (χ2v) is 9.99. The molecule has 0 saturated carbocycles. The predicted octanol–water partition coefficient (Wildman–Crippen LogP) is 4.83. The van der Waals surface area contributed by atoms with Crippen LogP contribution in [0.2, 0.25) is 0 Å². The molecule has 0 radical (unpaired) electrons. The largest absolute Gasteiger partial charge is 0.439 e. The standard InChI is InChI=1S/C23H22F6N4O3S/c1-2-33-21(36-19-7-5-17(6-8-19)23(27,28)29)12-20(31-33)15-4-3-14-10-18(11-16(14)9-15)32-37(34,35)30-13-22(24,25)26/h3-9,12,18,30,32H,2,10-11,13H2,1H3. The number of hydrogen-bond acceptors (Lipinski definition) is 4. The van der Waals surface area contributed by atoms with Gasteiger partial charge in [-0.1, -0.05) is 12.1 Å². The summed E-state index contributed by atoms with van der Waals surface area (Å²) in [5.74, 6) is 0.525. The maximum absolute atomic E-state index is 12.8. The van der Waals surface area contributed by atoms with Crippen molar-refractivity contribution in [1.82, 2.24) is 19.2 Å². The number of aryl methyl sites for hydroxylation is 1. The van der Waals surface area contributed by atoms with Crippen LogP contribution in [0.15, 0.2) is 48.5 Å². The van der Waals surface area contributed by atoms with Gasteiger partial charge in [-0.05, 0) is 61.2 Å². The number of alkyl halides is 6. The Balaban J connectivity index is 1.47. The quantitative estimate of drug-likeness (QED) is 0.395. The average molecular weight is 549 g/mol. The predicted molar refractivity (Wildman–Crippen MR) is 122 cm³/mol. The van der Waals surface area contributed by atoms with Crippen LogP contribution in [0.4, 0.5) is 26.3 Å². The van der Waals surface area contributed by atoms with Gasteiger partial charge in [-0.15, -0.1) is 0 Å². The molecular formula is C23H22F6N4O3S. The highest BCUT2D eigenvalue weighted by Gasteiger charge is 2.32. The first kappa shape index (κ1) is 26.9. The van der Waals surface area contributed by atoms with Gasteiger partial charge in [0.1, 0.15) is 12.3 Å². The Kier molecular flexibility index (Phi) is 7.27. The van der Waals surface area contributed by atoms with Gasteiger partial charge in [-0.25, -0.2) is 4.68 Å². The maximum Gasteiger partial charge on any atom is 0.416 e. The average Bonchev–Trinajstić information content (AvgIpc) is 3.39. The minimum atomic E-state index is -4.67. The number of nitrogens with one attached hydrogen (secondary N) is 2. The molecule has 7 nitrogen and oxygen atoms in total. The lowest BCUT2D eigenvalue weighted by atomic mass is 10.0. The number of rotatable bonds is 8. The molecule has 0 aliphatic heterocycles. The van der Waals surface area contributed by atoms with E-state index in [0.717, 1.165) is 23.3 Å². The first-order chi connectivity index (χ1) is 17.2. The van der Waals surface area contributed by atoms with Crippen molar-refractivity contribution < 1.29 is 39.5 Å². The molecular weight excluding hydrogens is 526 g/mol. The lowest BCUT2D eigenvalue weighted by Gasteiger charge is -2.14. The van der Waals surface area contributed by atoms with E-state index in [1.165, 1.54) is 16.9 Å². The molecule has 1 aliphatic rings. The Morgan fingerprint density at radius 2 is 1.68 bits per heavy atom. The van der Waals surface area contributed by atoms with Crippen LogP contribution in [0.3, 0.4) is 0 Å². The van der Waals surface area contributed by atoms with Gasteiger partial charge in [-0.2, -0.15) is 49.3 Å². The van der Waals surface area contributed by atoms with Crippen molar-refractivity contribution in [2.24, 2.45) is 0 Å². The second-order valence-electron chi connectivity index (χ2n) is 8.45. The highest BCUT2D eigenvalue weighted by atomic mass is 32.2. The molecule has 0 spiro atoms. The summed E-state index contributed by atoms with van der Waals surface area (Å²) >= 11 is 0. The van der Waals surface area contributed by atoms with Crippen LogP contribution in [-0.2, 0) is 35.8 Å². The van der Waals surface area contributed by atoms with Crippen molar-refractivity contribution in [3.05, 3.63) is 65.2 Å². The van der Waals surface area contributed by atoms with Gasteiger partial charge in [0.05, 0.1) is 11.3 Å². The normalized spacial score (nSPS) is 16.1. The molecule has 3 aromatic rings. The zero-order valence-electron chi connectivity index (χ0n) is 19.3. The molecule has 1 heterocycles. The Morgan fingerprint density at radius 1 is 1.00 bits per heavy atom. The molecule has 0 bridgehead atoms. The molecule has 0 amide bonds. The van der Waals surface area contributed by atoms with Crippen molar-refractivity contribution in [1.29, 1.82) is 0 Å². The van der Waals surface area contributed by atoms with Crippen LogP contribution in [0.1, 0.15) is 23.6 Å². The molecule has 2 N–H and O–H groups in total. The van der Waals surface area contributed by atoms with E-state index < -0.39 is 40.7 Å². The van der Waals surface area contributed by atoms with E-state index in [2.05, 4.69) is 9.82 Å². The molecule has 2 aromatic carbocycles.